The lowest BCUT2D eigenvalue weighted by molar-refractivity contribution is 0.177. The van der Waals surface area contributed by atoms with Gasteiger partial charge in [0.15, 0.2) is 0 Å². The zero-order valence-electron chi connectivity index (χ0n) is 17.6. The van der Waals surface area contributed by atoms with E-state index in [1.54, 1.807) is 0 Å². The normalized spacial score (nSPS) is 11.8. The molecule has 4 aromatic carbocycles. The Balaban J connectivity index is 1.47. The monoisotopic (exact) mass is 414 g/mol. The van der Waals surface area contributed by atoms with Crippen LogP contribution in [0.25, 0.3) is 43.6 Å². The molecule has 0 saturated carbocycles. The maximum Gasteiger partial charge on any atom is 0.0712 e. The van der Waals surface area contributed by atoms with Crippen LogP contribution < -0.4 is 0 Å². The van der Waals surface area contributed by atoms with E-state index in [4.69, 9.17) is 9.97 Å². The summed E-state index contributed by atoms with van der Waals surface area (Å²) >= 11 is 0. The first kappa shape index (κ1) is 18.9. The van der Waals surface area contributed by atoms with E-state index in [-0.39, 0.29) is 0 Å². The minimum absolute atomic E-state index is 0.529. The summed E-state index contributed by atoms with van der Waals surface area (Å²) in [6.07, 6.45) is 0.599. The number of aromatic nitrogens is 2. The predicted molar refractivity (Wildman–Crippen MR) is 132 cm³/mol. The van der Waals surface area contributed by atoms with Gasteiger partial charge in [-0.15, -0.1) is 0 Å². The molecule has 0 fully saturated rings. The smallest absolute Gasteiger partial charge is 0.0712 e. The number of rotatable bonds is 4. The highest BCUT2D eigenvalue weighted by atomic mass is 16.3. The summed E-state index contributed by atoms with van der Waals surface area (Å²) in [6, 6.07) is 32.8. The molecule has 1 N–H and O–H groups in total. The van der Waals surface area contributed by atoms with E-state index >= 15 is 0 Å². The van der Waals surface area contributed by atoms with Gasteiger partial charge in [0.1, 0.15) is 0 Å². The van der Waals surface area contributed by atoms with Crippen molar-refractivity contribution < 1.29 is 5.11 Å². The Morgan fingerprint density at radius 3 is 1.06 bits per heavy atom. The molecule has 0 amide bonds. The molecular formula is C29H22N2O. The third kappa shape index (κ3) is 3.19. The summed E-state index contributed by atoms with van der Waals surface area (Å²) in [5.41, 5.74) is 6.17. The molecule has 0 radical (unpaired) electrons. The number of para-hydroxylation sites is 4. The van der Waals surface area contributed by atoms with Crippen molar-refractivity contribution in [3.05, 3.63) is 108 Å². The van der Waals surface area contributed by atoms with Gasteiger partial charge in [-0.3, -0.25) is 0 Å². The zero-order valence-corrected chi connectivity index (χ0v) is 17.6. The van der Waals surface area contributed by atoms with Crippen LogP contribution in [0.1, 0.15) is 11.1 Å². The number of hydrogen-bond acceptors (Lipinski definition) is 3. The first-order chi connectivity index (χ1) is 15.8. The SMILES string of the molecule is OC(Cc1c2ccccc2nc2ccccc12)Cc1c2ccccc2nc2ccccc12. The molecular weight excluding hydrogens is 392 g/mol. The highest BCUT2D eigenvalue weighted by Crippen LogP contribution is 2.30. The second-order valence-electron chi connectivity index (χ2n) is 8.31. The lowest BCUT2D eigenvalue weighted by Gasteiger charge is -2.17. The fourth-order valence-corrected chi connectivity index (χ4v) is 4.84. The highest BCUT2D eigenvalue weighted by molar-refractivity contribution is 5.98. The first-order valence-corrected chi connectivity index (χ1v) is 11.0. The van der Waals surface area contributed by atoms with Gasteiger partial charge >= 0.3 is 0 Å². The highest BCUT2D eigenvalue weighted by Gasteiger charge is 2.17. The molecule has 2 aromatic heterocycles. The standard InChI is InChI=1S/C29H22N2O/c32-19(17-24-20-9-1-5-13-26(20)30-27-14-6-2-10-21(24)27)18-25-22-11-3-7-15-28(22)31-29-16-8-4-12-23(25)29/h1-16,19,32H,17-18H2. The number of aliphatic hydroxyl groups is 1. The number of benzene rings is 4. The molecule has 154 valence electrons. The van der Waals surface area contributed by atoms with Gasteiger partial charge in [0, 0.05) is 34.4 Å². The van der Waals surface area contributed by atoms with Crippen molar-refractivity contribution in [2.45, 2.75) is 18.9 Å². The summed E-state index contributed by atoms with van der Waals surface area (Å²) in [5, 5.41) is 15.8. The second kappa shape index (κ2) is 7.70. The third-order valence-electron chi connectivity index (χ3n) is 6.28. The second-order valence-corrected chi connectivity index (χ2v) is 8.31. The third-order valence-corrected chi connectivity index (χ3v) is 6.28. The van der Waals surface area contributed by atoms with Crippen molar-refractivity contribution in [2.24, 2.45) is 0 Å². The number of nitrogens with zero attached hydrogens (tertiary/aromatic N) is 2. The Kier molecular flexibility index (Phi) is 4.55. The van der Waals surface area contributed by atoms with Gasteiger partial charge in [-0.05, 0) is 35.4 Å². The summed E-state index contributed by atoms with van der Waals surface area (Å²) in [4.78, 5) is 9.64. The maximum atomic E-state index is 11.4. The molecule has 0 aliphatic rings. The number of hydrogen-bond donors (Lipinski definition) is 1. The Labute approximate surface area is 186 Å². The number of pyridine rings is 2. The van der Waals surface area contributed by atoms with Crippen molar-refractivity contribution in [2.75, 3.05) is 0 Å². The number of aliphatic hydroxyl groups excluding tert-OH is 1. The largest absolute Gasteiger partial charge is 0.392 e. The van der Waals surface area contributed by atoms with E-state index in [9.17, 15) is 5.11 Å². The van der Waals surface area contributed by atoms with Crippen LogP contribution in [-0.4, -0.2) is 21.2 Å². The Morgan fingerprint density at radius 1 is 0.469 bits per heavy atom. The molecule has 6 rings (SSSR count). The summed E-state index contributed by atoms with van der Waals surface area (Å²) in [7, 11) is 0. The van der Waals surface area contributed by atoms with Crippen LogP contribution in [0, 0.1) is 0 Å². The Hall–Kier alpha value is -3.82. The van der Waals surface area contributed by atoms with Crippen LogP contribution in [0.2, 0.25) is 0 Å². The van der Waals surface area contributed by atoms with Crippen molar-refractivity contribution in [1.82, 2.24) is 9.97 Å². The Morgan fingerprint density at radius 2 is 0.750 bits per heavy atom. The van der Waals surface area contributed by atoms with Gasteiger partial charge < -0.3 is 5.11 Å². The minimum Gasteiger partial charge on any atom is -0.392 e. The molecule has 3 heteroatoms. The van der Waals surface area contributed by atoms with Gasteiger partial charge in [0.05, 0.1) is 28.2 Å². The molecule has 0 saturated heterocycles. The van der Waals surface area contributed by atoms with Crippen LogP contribution in [0.4, 0.5) is 0 Å². The molecule has 2 heterocycles. The first-order valence-electron chi connectivity index (χ1n) is 11.0. The molecule has 0 atom stereocenters. The van der Waals surface area contributed by atoms with E-state index in [1.807, 2.05) is 72.8 Å². The summed E-state index contributed by atoms with van der Waals surface area (Å²) in [5.74, 6) is 0. The summed E-state index contributed by atoms with van der Waals surface area (Å²) in [6.45, 7) is 0. The van der Waals surface area contributed by atoms with Crippen LogP contribution in [0.15, 0.2) is 97.1 Å². The van der Waals surface area contributed by atoms with Gasteiger partial charge in [0.25, 0.3) is 0 Å². The van der Waals surface area contributed by atoms with Crippen molar-refractivity contribution >= 4 is 43.6 Å². The molecule has 3 nitrogen and oxygen atoms in total. The van der Waals surface area contributed by atoms with Gasteiger partial charge in [0.2, 0.25) is 0 Å². The van der Waals surface area contributed by atoms with Crippen LogP contribution in [0.3, 0.4) is 0 Å². The molecule has 0 bridgehead atoms. The van der Waals surface area contributed by atoms with Crippen molar-refractivity contribution in [1.29, 1.82) is 0 Å². The van der Waals surface area contributed by atoms with Crippen LogP contribution in [-0.2, 0) is 12.8 Å². The molecule has 0 spiro atoms. The number of fused-ring (bicyclic) bond motifs is 4. The van der Waals surface area contributed by atoms with E-state index in [2.05, 4.69) is 24.3 Å². The van der Waals surface area contributed by atoms with Gasteiger partial charge in [-0.25, -0.2) is 9.97 Å². The lowest BCUT2D eigenvalue weighted by atomic mass is 9.92. The maximum absolute atomic E-state index is 11.4. The predicted octanol–water partition coefficient (Wildman–Crippen LogP) is 6.24. The van der Waals surface area contributed by atoms with Crippen LogP contribution >= 0.6 is 0 Å². The van der Waals surface area contributed by atoms with Crippen molar-refractivity contribution in [3.63, 3.8) is 0 Å². The van der Waals surface area contributed by atoms with E-state index in [0.29, 0.717) is 12.8 Å². The average Bonchev–Trinajstić information content (AvgIpc) is 2.84. The van der Waals surface area contributed by atoms with E-state index < -0.39 is 6.10 Å². The minimum atomic E-state index is -0.529. The van der Waals surface area contributed by atoms with E-state index in [1.165, 1.54) is 0 Å². The van der Waals surface area contributed by atoms with Gasteiger partial charge in [-0.2, -0.15) is 0 Å². The van der Waals surface area contributed by atoms with E-state index in [0.717, 1.165) is 54.7 Å². The lowest BCUT2D eigenvalue weighted by Crippen LogP contribution is -2.15. The fourth-order valence-electron chi connectivity index (χ4n) is 4.84. The van der Waals surface area contributed by atoms with Gasteiger partial charge in [-0.1, -0.05) is 72.8 Å². The fraction of sp³-hybridized carbons (Fsp3) is 0.103. The van der Waals surface area contributed by atoms with Crippen molar-refractivity contribution in [3.8, 4) is 0 Å². The summed E-state index contributed by atoms with van der Waals surface area (Å²) < 4.78 is 0. The van der Waals surface area contributed by atoms with Crippen LogP contribution in [0.5, 0.6) is 0 Å². The molecule has 6 aromatic rings. The molecule has 0 aliphatic carbocycles. The average molecular weight is 415 g/mol. The zero-order chi connectivity index (χ0) is 21.5. The topological polar surface area (TPSA) is 46.0 Å². The molecule has 32 heavy (non-hydrogen) atoms. The Bertz CT molecular complexity index is 1380. The molecule has 0 unspecified atom stereocenters. The quantitative estimate of drug-likeness (QED) is 0.348. The molecule has 0 aliphatic heterocycles.